The van der Waals surface area contributed by atoms with Crippen LogP contribution in [-0.4, -0.2) is 104 Å². The van der Waals surface area contributed by atoms with Gasteiger partial charge in [0.25, 0.3) is 5.91 Å². The van der Waals surface area contributed by atoms with Crippen LogP contribution in [0.25, 0.3) is 11.1 Å². The van der Waals surface area contributed by atoms with Crippen molar-refractivity contribution in [3.05, 3.63) is 63.1 Å². The van der Waals surface area contributed by atoms with Crippen molar-refractivity contribution in [1.29, 1.82) is 5.26 Å². The van der Waals surface area contributed by atoms with Crippen LogP contribution < -0.4 is 47.9 Å². The number of ether oxygens (including phenoxy) is 2. The number of thiazole rings is 1. The molecule has 5 amide bonds. The first-order chi connectivity index (χ1) is 26.3. The van der Waals surface area contributed by atoms with Crippen LogP contribution in [0, 0.1) is 25.2 Å². The molecular weight excluding hydrogens is 729 g/mol. The van der Waals surface area contributed by atoms with E-state index in [4.69, 9.17) is 31.9 Å². The molecule has 2 heterocycles. The molecule has 0 unspecified atom stereocenters. The van der Waals surface area contributed by atoms with E-state index in [1.54, 1.807) is 50.2 Å². The third-order valence-electron chi connectivity index (χ3n) is 8.72. The minimum Gasteiger partial charge on any atom is -0.492 e. The summed E-state index contributed by atoms with van der Waals surface area (Å²) in [6.45, 7) is 5.38. The van der Waals surface area contributed by atoms with Crippen molar-refractivity contribution in [2.24, 2.45) is 17.2 Å². The second kappa shape index (κ2) is 19.6. The van der Waals surface area contributed by atoms with Crippen molar-refractivity contribution in [3.8, 4) is 28.7 Å². The molecule has 1 aliphatic heterocycles. The average molecular weight is 777 g/mol. The van der Waals surface area contributed by atoms with Gasteiger partial charge in [-0.15, -0.1) is 11.3 Å². The van der Waals surface area contributed by atoms with Crippen LogP contribution in [-0.2, 0) is 25.6 Å². The molecule has 4 bridgehead atoms. The number of nitriles is 1. The van der Waals surface area contributed by atoms with Crippen molar-refractivity contribution >= 4 is 40.9 Å². The fourth-order valence-electron chi connectivity index (χ4n) is 6.10. The van der Waals surface area contributed by atoms with E-state index in [1.165, 1.54) is 30.2 Å². The maximum Gasteiger partial charge on any atom is 0.263 e. The monoisotopic (exact) mass is 776 g/mol. The first-order valence-corrected chi connectivity index (χ1v) is 18.5. The number of amides is 5. The number of nitrogens with zero attached hydrogens (tertiary/aromatic N) is 3. The fourth-order valence-corrected chi connectivity index (χ4v) is 6.92. The van der Waals surface area contributed by atoms with Gasteiger partial charge in [-0.2, -0.15) is 5.26 Å². The van der Waals surface area contributed by atoms with E-state index in [1.807, 2.05) is 6.07 Å². The number of carbonyl (C=O) groups excluding carboxylic acids is 5. The van der Waals surface area contributed by atoms with Gasteiger partial charge in [0.1, 0.15) is 60.3 Å². The highest BCUT2D eigenvalue weighted by Gasteiger charge is 2.36. The Balaban J connectivity index is 1.89. The third kappa shape index (κ3) is 10.5. The Morgan fingerprint density at radius 1 is 1.00 bits per heavy atom. The highest BCUT2D eigenvalue weighted by atomic mass is 32.1. The van der Waals surface area contributed by atoms with Crippen molar-refractivity contribution in [2.75, 3.05) is 46.4 Å². The zero-order chi connectivity index (χ0) is 40.2. The normalized spacial score (nSPS) is 17.4. The largest absolute Gasteiger partial charge is 0.492 e. The highest BCUT2D eigenvalue weighted by molar-refractivity contribution is 7.13. The molecule has 0 radical (unpaired) electrons. The second-order valence-electron chi connectivity index (χ2n) is 12.8. The molecule has 1 aliphatic rings. The van der Waals surface area contributed by atoms with Crippen molar-refractivity contribution in [3.63, 3.8) is 0 Å². The number of nitrogens with two attached hydrogens (primary N) is 3. The fraction of sp³-hybridized carbons (Fsp3) is 0.432. The summed E-state index contributed by atoms with van der Waals surface area (Å²) in [5.74, 6) is -2.37. The van der Waals surface area contributed by atoms with Gasteiger partial charge in [-0.3, -0.25) is 24.0 Å². The van der Waals surface area contributed by atoms with Gasteiger partial charge in [-0.25, -0.2) is 4.98 Å². The summed E-state index contributed by atoms with van der Waals surface area (Å²) in [6, 6.07) is 7.21. The highest BCUT2D eigenvalue weighted by Crippen LogP contribution is 2.40. The Bertz CT molecular complexity index is 1930. The summed E-state index contributed by atoms with van der Waals surface area (Å²) in [5.41, 5.74) is 19.9. The molecule has 55 heavy (non-hydrogen) atoms. The van der Waals surface area contributed by atoms with E-state index < -0.39 is 53.7 Å². The Labute approximate surface area is 323 Å². The summed E-state index contributed by atoms with van der Waals surface area (Å²) in [7, 11) is 1.42. The molecule has 0 spiro atoms. The lowest BCUT2D eigenvalue weighted by Crippen LogP contribution is -2.56. The Hall–Kier alpha value is -5.61. The SMILES string of the molecule is Cc1nc(C)c(C(=O)N[C@@H](CCN)C(=O)N(C)[C@@H]2C(=O)N[C@@H](C)C(=O)N[C@H](C(=O)NCC#N)Cc3ccc(OCCN)c(c3)-c3cc2ccc3OCCN)s1. The topological polar surface area (TPSA) is 270 Å². The number of fused-ring (bicyclic) bond motifs is 5. The maximum absolute atomic E-state index is 14.4. The second-order valence-corrected chi connectivity index (χ2v) is 14.0. The van der Waals surface area contributed by atoms with Crippen LogP contribution in [0.15, 0.2) is 36.4 Å². The van der Waals surface area contributed by atoms with Crippen LogP contribution in [0.4, 0.5) is 0 Å². The van der Waals surface area contributed by atoms with Crippen molar-refractivity contribution in [1.82, 2.24) is 31.2 Å². The van der Waals surface area contributed by atoms with Crippen LogP contribution in [0.2, 0.25) is 0 Å². The summed E-state index contributed by atoms with van der Waals surface area (Å²) in [4.78, 5) is 74.7. The number of benzene rings is 2. The molecule has 0 saturated heterocycles. The molecule has 0 fully saturated rings. The minimum absolute atomic E-state index is 0.0151. The van der Waals surface area contributed by atoms with Gasteiger partial charge in [0.05, 0.1) is 16.8 Å². The van der Waals surface area contributed by atoms with Gasteiger partial charge < -0.3 is 52.8 Å². The van der Waals surface area contributed by atoms with Gasteiger partial charge in [-0.1, -0.05) is 12.1 Å². The molecule has 2 aromatic carbocycles. The van der Waals surface area contributed by atoms with E-state index in [2.05, 4.69) is 26.3 Å². The zero-order valence-corrected chi connectivity index (χ0v) is 32.1. The smallest absolute Gasteiger partial charge is 0.263 e. The first-order valence-electron chi connectivity index (χ1n) is 17.7. The molecule has 17 nitrogen and oxygen atoms in total. The summed E-state index contributed by atoms with van der Waals surface area (Å²) >= 11 is 1.19. The van der Waals surface area contributed by atoms with Crippen LogP contribution in [0.3, 0.4) is 0 Å². The van der Waals surface area contributed by atoms with Crippen LogP contribution in [0.5, 0.6) is 11.5 Å². The molecule has 0 aliphatic carbocycles. The first kappa shape index (κ1) is 42.1. The molecule has 3 aromatic rings. The van der Waals surface area contributed by atoms with Crippen LogP contribution in [0.1, 0.15) is 50.9 Å². The third-order valence-corrected chi connectivity index (χ3v) is 9.79. The minimum atomic E-state index is -1.36. The summed E-state index contributed by atoms with van der Waals surface area (Å²) in [5, 5.41) is 20.4. The molecule has 0 saturated carbocycles. The lowest BCUT2D eigenvalue weighted by Gasteiger charge is -2.32. The lowest BCUT2D eigenvalue weighted by molar-refractivity contribution is -0.141. The number of carbonyl (C=O) groups is 5. The number of hydrogen-bond acceptors (Lipinski definition) is 13. The van der Waals surface area contributed by atoms with Crippen molar-refractivity contribution in [2.45, 2.75) is 57.8 Å². The standard InChI is InChI=1S/C37H48N10O7S/c1-20-32(55-22(3)43-20)36(51)45-27(9-10-38)37(52)47(4)31-24-6-8-30(54-16-13-41)26(19-24)25-17-23(5-7-29(25)53-15-12-40)18-28(34(49)42-14-11-39)46-33(48)21(2)44-35(31)50/h5-8,17,19,21,27-28,31H,9-10,12-16,18,38,40-41H2,1-4H3,(H,42,49)(H,44,50)(H,45,51)(H,46,48)/t21-,27-,28-,31-/m0/s1. The summed E-state index contributed by atoms with van der Waals surface area (Å²) in [6.07, 6.45) is 0.0706. The molecule has 294 valence electrons. The zero-order valence-electron chi connectivity index (χ0n) is 31.3. The Morgan fingerprint density at radius 2 is 1.65 bits per heavy atom. The molecule has 10 N–H and O–H groups in total. The number of likely N-dealkylation sites (N-methyl/N-ethyl adjacent to an activating group) is 1. The molecule has 4 atom stereocenters. The quantitative estimate of drug-likeness (QED) is 0.106. The van der Waals surface area contributed by atoms with Gasteiger partial charge in [0.2, 0.25) is 23.6 Å². The molecule has 4 rings (SSSR count). The number of rotatable bonds is 14. The molecule has 1 aromatic heterocycles. The Kier molecular flexibility index (Phi) is 15.0. The van der Waals surface area contributed by atoms with Crippen molar-refractivity contribution < 1.29 is 33.4 Å². The van der Waals surface area contributed by atoms with E-state index >= 15 is 0 Å². The Morgan fingerprint density at radius 3 is 2.25 bits per heavy atom. The van der Waals surface area contributed by atoms with E-state index in [0.717, 1.165) is 0 Å². The van der Waals surface area contributed by atoms with Gasteiger partial charge >= 0.3 is 0 Å². The molecule has 18 heteroatoms. The van der Waals surface area contributed by atoms with E-state index in [-0.39, 0.29) is 52.2 Å². The van der Waals surface area contributed by atoms with E-state index in [9.17, 15) is 24.0 Å². The number of hydrogen-bond donors (Lipinski definition) is 7. The summed E-state index contributed by atoms with van der Waals surface area (Å²) < 4.78 is 12.1. The van der Waals surface area contributed by atoms with E-state index in [0.29, 0.717) is 49.3 Å². The predicted octanol–water partition coefficient (Wildman–Crippen LogP) is -0.0658. The average Bonchev–Trinajstić information content (AvgIpc) is 3.51. The van der Waals surface area contributed by atoms with Gasteiger partial charge in [0, 0.05) is 37.7 Å². The number of aryl methyl sites for hydroxylation is 2. The molecular formula is C37H48N10O7S. The lowest BCUT2D eigenvalue weighted by atomic mass is 9.93. The number of nitrogens with one attached hydrogen (secondary N) is 4. The maximum atomic E-state index is 14.4. The number of aromatic nitrogens is 1. The van der Waals surface area contributed by atoms with Gasteiger partial charge in [0.15, 0.2) is 0 Å². The van der Waals surface area contributed by atoms with Crippen LogP contribution >= 0.6 is 11.3 Å². The van der Waals surface area contributed by atoms with Gasteiger partial charge in [-0.05, 0) is 69.1 Å². The predicted molar refractivity (Wildman–Crippen MR) is 205 cm³/mol.